The molecule has 0 spiro atoms. The number of carbonyl (C=O) groups excluding carboxylic acids is 1. The molecule has 2 aromatic carbocycles. The predicted molar refractivity (Wildman–Crippen MR) is 117 cm³/mol. The lowest BCUT2D eigenvalue weighted by Crippen LogP contribution is -2.15. The first-order valence-electron chi connectivity index (χ1n) is 9.25. The SMILES string of the molecule is Cn1c(SCC(=O)Nc2ccccc2Oc2ccccc2)nnc1-c1cccnc1. The van der Waals surface area contributed by atoms with Gasteiger partial charge in [-0.1, -0.05) is 42.1 Å². The summed E-state index contributed by atoms with van der Waals surface area (Å²) in [7, 11) is 1.87. The standard InChI is InChI=1S/C22H19N5O2S/c1-27-21(16-8-7-13-23-14-16)25-26-22(27)30-15-20(28)24-18-11-5-6-12-19(18)29-17-9-3-2-4-10-17/h2-14H,15H2,1H3,(H,24,28). The maximum absolute atomic E-state index is 12.5. The number of aromatic nitrogens is 4. The number of thioether (sulfide) groups is 1. The fraction of sp³-hybridized carbons (Fsp3) is 0.0909. The Bertz CT molecular complexity index is 1130. The zero-order chi connectivity index (χ0) is 20.8. The number of nitrogens with zero attached hydrogens (tertiary/aromatic N) is 4. The van der Waals surface area contributed by atoms with Crippen LogP contribution in [0.4, 0.5) is 5.69 Å². The van der Waals surface area contributed by atoms with Gasteiger partial charge in [0.2, 0.25) is 5.91 Å². The minimum atomic E-state index is -0.157. The molecule has 1 amide bonds. The number of amides is 1. The highest BCUT2D eigenvalue weighted by molar-refractivity contribution is 7.99. The molecular formula is C22H19N5O2S. The molecule has 0 radical (unpaired) electrons. The van der Waals surface area contributed by atoms with Gasteiger partial charge in [-0.15, -0.1) is 10.2 Å². The summed E-state index contributed by atoms with van der Waals surface area (Å²) < 4.78 is 7.74. The topological polar surface area (TPSA) is 81.9 Å². The molecule has 0 bridgehead atoms. The van der Waals surface area contributed by atoms with Gasteiger partial charge in [0.1, 0.15) is 5.75 Å². The molecule has 0 aliphatic carbocycles. The van der Waals surface area contributed by atoms with Crippen LogP contribution in [0, 0.1) is 0 Å². The number of rotatable bonds is 7. The quantitative estimate of drug-likeness (QED) is 0.449. The summed E-state index contributed by atoms with van der Waals surface area (Å²) in [6, 6.07) is 20.5. The maximum atomic E-state index is 12.5. The van der Waals surface area contributed by atoms with Crippen LogP contribution in [0.3, 0.4) is 0 Å². The molecule has 4 rings (SSSR count). The van der Waals surface area contributed by atoms with Crippen molar-refractivity contribution in [3.8, 4) is 22.9 Å². The number of benzene rings is 2. The molecule has 0 fully saturated rings. The molecule has 1 N–H and O–H groups in total. The number of para-hydroxylation sites is 3. The molecule has 0 unspecified atom stereocenters. The van der Waals surface area contributed by atoms with Gasteiger partial charge in [-0.2, -0.15) is 0 Å². The highest BCUT2D eigenvalue weighted by atomic mass is 32.2. The third-order valence-corrected chi connectivity index (χ3v) is 5.24. The van der Waals surface area contributed by atoms with Crippen LogP contribution < -0.4 is 10.1 Å². The molecule has 0 saturated heterocycles. The Morgan fingerprint density at radius 2 is 1.83 bits per heavy atom. The summed E-state index contributed by atoms with van der Waals surface area (Å²) in [5.74, 6) is 2.02. The highest BCUT2D eigenvalue weighted by Gasteiger charge is 2.14. The van der Waals surface area contributed by atoms with E-state index in [0.717, 1.165) is 5.56 Å². The van der Waals surface area contributed by atoms with Crippen molar-refractivity contribution in [1.29, 1.82) is 0 Å². The molecule has 8 heteroatoms. The van der Waals surface area contributed by atoms with E-state index in [4.69, 9.17) is 4.74 Å². The van der Waals surface area contributed by atoms with E-state index in [-0.39, 0.29) is 11.7 Å². The number of pyridine rings is 1. The molecular weight excluding hydrogens is 398 g/mol. The van der Waals surface area contributed by atoms with Gasteiger partial charge in [0.15, 0.2) is 16.7 Å². The second-order valence-electron chi connectivity index (χ2n) is 6.36. The molecule has 7 nitrogen and oxygen atoms in total. The smallest absolute Gasteiger partial charge is 0.234 e. The molecule has 150 valence electrons. The number of ether oxygens (including phenoxy) is 1. The average Bonchev–Trinajstić information content (AvgIpc) is 3.15. The van der Waals surface area contributed by atoms with Crippen molar-refractivity contribution in [1.82, 2.24) is 19.7 Å². The van der Waals surface area contributed by atoms with Gasteiger partial charge >= 0.3 is 0 Å². The van der Waals surface area contributed by atoms with E-state index < -0.39 is 0 Å². The number of nitrogens with one attached hydrogen (secondary N) is 1. The van der Waals surface area contributed by atoms with E-state index in [1.807, 2.05) is 78.3 Å². The zero-order valence-corrected chi connectivity index (χ0v) is 17.0. The van der Waals surface area contributed by atoms with E-state index in [1.54, 1.807) is 12.4 Å². The van der Waals surface area contributed by atoms with Gasteiger partial charge in [-0.05, 0) is 36.4 Å². The Kier molecular flexibility index (Phi) is 6.05. The summed E-state index contributed by atoms with van der Waals surface area (Å²) >= 11 is 1.32. The van der Waals surface area contributed by atoms with Gasteiger partial charge < -0.3 is 14.6 Å². The Balaban J connectivity index is 1.40. The van der Waals surface area contributed by atoms with Crippen molar-refractivity contribution < 1.29 is 9.53 Å². The van der Waals surface area contributed by atoms with E-state index in [0.29, 0.717) is 28.2 Å². The van der Waals surface area contributed by atoms with Gasteiger partial charge in [-0.25, -0.2) is 0 Å². The van der Waals surface area contributed by atoms with Crippen molar-refractivity contribution >= 4 is 23.4 Å². The van der Waals surface area contributed by atoms with Crippen molar-refractivity contribution in [2.45, 2.75) is 5.16 Å². The average molecular weight is 417 g/mol. The van der Waals surface area contributed by atoms with Crippen molar-refractivity contribution in [2.24, 2.45) is 7.05 Å². The molecule has 0 aliphatic rings. The van der Waals surface area contributed by atoms with Crippen LogP contribution in [0.2, 0.25) is 0 Å². The predicted octanol–water partition coefficient (Wildman–Crippen LogP) is 4.40. The molecule has 30 heavy (non-hydrogen) atoms. The number of anilines is 1. The third kappa shape index (κ3) is 4.66. The monoisotopic (exact) mass is 417 g/mol. The normalized spacial score (nSPS) is 10.6. The first-order chi connectivity index (χ1) is 14.7. The number of hydrogen-bond acceptors (Lipinski definition) is 6. The van der Waals surface area contributed by atoms with Crippen LogP contribution in [0.5, 0.6) is 11.5 Å². The molecule has 4 aromatic rings. The lowest BCUT2D eigenvalue weighted by Gasteiger charge is -2.12. The van der Waals surface area contributed by atoms with Crippen molar-refractivity contribution in [3.05, 3.63) is 79.1 Å². The Hall–Kier alpha value is -3.65. The summed E-state index contributed by atoms with van der Waals surface area (Å²) in [4.78, 5) is 16.6. The van der Waals surface area contributed by atoms with Crippen LogP contribution in [0.25, 0.3) is 11.4 Å². The molecule has 0 saturated carbocycles. The minimum absolute atomic E-state index is 0.157. The van der Waals surface area contributed by atoms with Crippen molar-refractivity contribution in [3.63, 3.8) is 0 Å². The number of hydrogen-bond donors (Lipinski definition) is 1. The second kappa shape index (κ2) is 9.23. The summed E-state index contributed by atoms with van der Waals surface area (Å²) in [6.07, 6.45) is 3.44. The fourth-order valence-electron chi connectivity index (χ4n) is 2.78. The summed E-state index contributed by atoms with van der Waals surface area (Å²) in [5.41, 5.74) is 1.48. The summed E-state index contributed by atoms with van der Waals surface area (Å²) in [5, 5.41) is 12.0. The lowest BCUT2D eigenvalue weighted by atomic mass is 10.3. The van der Waals surface area contributed by atoms with Gasteiger partial charge in [0.25, 0.3) is 0 Å². The van der Waals surface area contributed by atoms with Crippen LogP contribution in [-0.4, -0.2) is 31.4 Å². The van der Waals surface area contributed by atoms with Gasteiger partial charge in [0.05, 0.1) is 11.4 Å². The molecule has 2 heterocycles. The molecule has 2 aromatic heterocycles. The Labute approximate surface area is 178 Å². The van der Waals surface area contributed by atoms with E-state index >= 15 is 0 Å². The second-order valence-corrected chi connectivity index (χ2v) is 7.30. The van der Waals surface area contributed by atoms with E-state index in [1.165, 1.54) is 11.8 Å². The lowest BCUT2D eigenvalue weighted by molar-refractivity contribution is -0.113. The van der Waals surface area contributed by atoms with E-state index in [9.17, 15) is 4.79 Å². The Morgan fingerprint density at radius 3 is 2.63 bits per heavy atom. The number of carbonyl (C=O) groups is 1. The zero-order valence-electron chi connectivity index (χ0n) is 16.2. The van der Waals surface area contributed by atoms with Crippen molar-refractivity contribution in [2.75, 3.05) is 11.1 Å². The Morgan fingerprint density at radius 1 is 1.03 bits per heavy atom. The van der Waals surface area contributed by atoms with Gasteiger partial charge in [-0.3, -0.25) is 9.78 Å². The van der Waals surface area contributed by atoms with Crippen LogP contribution >= 0.6 is 11.8 Å². The van der Waals surface area contributed by atoms with E-state index in [2.05, 4.69) is 20.5 Å². The van der Waals surface area contributed by atoms with Crippen LogP contribution in [-0.2, 0) is 11.8 Å². The first kappa shape index (κ1) is 19.7. The third-order valence-electron chi connectivity index (χ3n) is 4.22. The molecule has 0 atom stereocenters. The maximum Gasteiger partial charge on any atom is 0.234 e. The minimum Gasteiger partial charge on any atom is -0.455 e. The fourth-order valence-corrected chi connectivity index (χ4v) is 3.49. The summed E-state index contributed by atoms with van der Waals surface area (Å²) in [6.45, 7) is 0. The van der Waals surface area contributed by atoms with Gasteiger partial charge in [0, 0.05) is 25.0 Å². The first-order valence-corrected chi connectivity index (χ1v) is 10.2. The largest absolute Gasteiger partial charge is 0.455 e. The van der Waals surface area contributed by atoms with Crippen LogP contribution in [0.15, 0.2) is 84.3 Å². The highest BCUT2D eigenvalue weighted by Crippen LogP contribution is 2.29. The van der Waals surface area contributed by atoms with Crippen LogP contribution in [0.1, 0.15) is 0 Å². The molecule has 0 aliphatic heterocycles.